The Bertz CT molecular complexity index is 820. The summed E-state index contributed by atoms with van der Waals surface area (Å²) >= 11 is 0. The summed E-state index contributed by atoms with van der Waals surface area (Å²) in [6.07, 6.45) is 3.92. The third kappa shape index (κ3) is 5.69. The molecule has 1 aromatic carbocycles. The van der Waals surface area contributed by atoms with Gasteiger partial charge in [-0.15, -0.1) is 0 Å². The average molecular weight is 428 g/mol. The van der Waals surface area contributed by atoms with Crippen LogP contribution in [0.4, 0.5) is 5.69 Å². The number of halogens is 1. The third-order valence-electron chi connectivity index (χ3n) is 4.31. The first-order valence-corrected chi connectivity index (χ1v) is 11.4. The maximum Gasteiger partial charge on any atom is 0.141 e. The predicted molar refractivity (Wildman–Crippen MR) is 109 cm³/mol. The van der Waals surface area contributed by atoms with Crippen molar-refractivity contribution in [2.75, 3.05) is 19.0 Å². The Morgan fingerprint density at radius 1 is 0.857 bits per heavy atom. The van der Waals surface area contributed by atoms with Gasteiger partial charge in [-0.2, -0.15) is 14.0 Å². The third-order valence-corrected chi connectivity index (χ3v) is 7.69. The summed E-state index contributed by atoms with van der Waals surface area (Å²) in [7, 11) is -1.82. The molecule has 5 nitrogen and oxygen atoms in total. The molecule has 0 spiro atoms. The molecule has 0 radical (unpaired) electrons. The molecule has 0 aromatic heterocycles. The van der Waals surface area contributed by atoms with E-state index in [0.717, 1.165) is 26.6 Å². The van der Waals surface area contributed by atoms with Gasteiger partial charge in [0.1, 0.15) is 14.5 Å². The van der Waals surface area contributed by atoms with Crippen LogP contribution >= 0.6 is 10.8 Å². The second-order valence-corrected chi connectivity index (χ2v) is 11.8. The van der Waals surface area contributed by atoms with E-state index in [1.54, 1.807) is 0 Å². The van der Waals surface area contributed by atoms with Gasteiger partial charge in [-0.25, -0.2) is 0 Å². The van der Waals surface area contributed by atoms with E-state index >= 15 is 0 Å². The fourth-order valence-corrected chi connectivity index (χ4v) is 5.78. The number of rotatable bonds is 4. The standard InChI is InChI=1S/C21H30ClNO4S/c1-20(2,3)18-13-16(15-9-11-17(12-10-15)23(7)8)14-19(21(4,5)6)28(18)27-22(24,25)26/h9-14H,1-8H3. The fourth-order valence-electron chi connectivity index (χ4n) is 2.80. The maximum atomic E-state index is 11.4. The lowest BCUT2D eigenvalue weighted by atomic mass is 9.88. The van der Waals surface area contributed by atoms with Gasteiger partial charge in [0.15, 0.2) is 0 Å². The van der Waals surface area contributed by atoms with Gasteiger partial charge >= 0.3 is 0 Å². The molecule has 1 aliphatic heterocycles. The van der Waals surface area contributed by atoms with Crippen LogP contribution in [0.2, 0.25) is 0 Å². The summed E-state index contributed by atoms with van der Waals surface area (Å²) in [4.78, 5) is 3.61. The Morgan fingerprint density at radius 3 is 1.79 bits per heavy atom. The molecule has 0 N–H and O–H groups in total. The predicted octanol–water partition coefficient (Wildman–Crippen LogP) is 2.40. The van der Waals surface area contributed by atoms with Gasteiger partial charge in [0.05, 0.1) is 10.2 Å². The summed E-state index contributed by atoms with van der Waals surface area (Å²) in [5, 5.41) is 0. The van der Waals surface area contributed by atoms with Crippen molar-refractivity contribution >= 4 is 26.9 Å². The van der Waals surface area contributed by atoms with Crippen LogP contribution in [0.1, 0.15) is 47.1 Å². The summed E-state index contributed by atoms with van der Waals surface area (Å²) in [6, 6.07) is 8.18. The lowest BCUT2D eigenvalue weighted by Gasteiger charge is -2.32. The van der Waals surface area contributed by atoms with E-state index < -0.39 is 21.0 Å². The molecule has 1 heterocycles. The SMILES string of the molecule is CN(C)c1ccc(C2=CC(C(C)(C)C)=S(O[Cl+3]([O-])([O-])[O-])C(C(C)(C)C)=C2)cc1. The maximum absolute atomic E-state index is 11.4. The smallest absolute Gasteiger partial charge is 0.141 e. The Labute approximate surface area is 173 Å². The molecular weight excluding hydrogens is 398 g/mol. The Morgan fingerprint density at radius 2 is 1.39 bits per heavy atom. The van der Waals surface area contributed by atoms with Gasteiger partial charge in [0.2, 0.25) is 0 Å². The summed E-state index contributed by atoms with van der Waals surface area (Å²) in [6.45, 7) is 12.0. The van der Waals surface area contributed by atoms with Gasteiger partial charge in [-0.3, -0.25) is 0 Å². The second-order valence-electron chi connectivity index (χ2n) is 9.12. The van der Waals surface area contributed by atoms with Crippen molar-refractivity contribution in [2.45, 2.75) is 41.5 Å². The zero-order valence-corrected chi connectivity index (χ0v) is 19.4. The van der Waals surface area contributed by atoms with Crippen LogP contribution in [-0.4, -0.2) is 19.0 Å². The number of anilines is 1. The molecule has 0 saturated heterocycles. The van der Waals surface area contributed by atoms with Crippen molar-refractivity contribution in [3.05, 3.63) is 46.9 Å². The molecule has 2 rings (SSSR count). The van der Waals surface area contributed by atoms with E-state index in [4.69, 9.17) is 3.74 Å². The van der Waals surface area contributed by atoms with Crippen LogP contribution in [0.3, 0.4) is 0 Å². The minimum atomic E-state index is -4.54. The first kappa shape index (κ1) is 23.1. The molecule has 0 aliphatic carbocycles. The van der Waals surface area contributed by atoms with Gasteiger partial charge in [0, 0.05) is 29.6 Å². The highest BCUT2D eigenvalue weighted by Crippen LogP contribution is 2.49. The van der Waals surface area contributed by atoms with Crippen molar-refractivity contribution < 1.29 is 28.0 Å². The summed E-state index contributed by atoms with van der Waals surface area (Å²) in [5.74, 6) is 0. The molecule has 0 amide bonds. The van der Waals surface area contributed by atoms with E-state index in [1.807, 2.05) is 97.0 Å². The van der Waals surface area contributed by atoms with Crippen molar-refractivity contribution in [2.24, 2.45) is 10.8 Å². The molecule has 0 bridgehead atoms. The number of hydrogen-bond donors (Lipinski definition) is 0. The first-order chi connectivity index (χ1) is 12.6. The lowest BCUT2D eigenvalue weighted by molar-refractivity contribution is -1.91. The zero-order chi connectivity index (χ0) is 21.5. The molecule has 1 aromatic rings. The summed E-state index contributed by atoms with van der Waals surface area (Å²) in [5.41, 5.74) is 2.36. The topological polar surface area (TPSA) is 81.7 Å². The van der Waals surface area contributed by atoms with E-state index in [1.165, 1.54) is 0 Å². The Kier molecular flexibility index (Phi) is 6.56. The largest absolute Gasteiger partial charge is 0.378 e. The second kappa shape index (κ2) is 7.94. The quantitative estimate of drug-likeness (QED) is 0.689. The van der Waals surface area contributed by atoms with E-state index in [0.29, 0.717) is 0 Å². The molecule has 156 valence electrons. The van der Waals surface area contributed by atoms with Crippen LogP contribution in [0.25, 0.3) is 5.57 Å². The van der Waals surface area contributed by atoms with Crippen molar-refractivity contribution in [1.82, 2.24) is 0 Å². The Balaban J connectivity index is 2.70. The normalized spacial score (nSPS) is 18.7. The van der Waals surface area contributed by atoms with Gasteiger partial charge in [-0.05, 0) is 46.3 Å². The molecule has 28 heavy (non-hydrogen) atoms. The molecule has 7 heteroatoms. The summed E-state index contributed by atoms with van der Waals surface area (Å²) < 4.78 is 39.4. The van der Waals surface area contributed by atoms with Crippen molar-refractivity contribution in [3.63, 3.8) is 0 Å². The van der Waals surface area contributed by atoms with Crippen LogP contribution in [-0.2, 0) is 3.74 Å². The van der Waals surface area contributed by atoms with Crippen molar-refractivity contribution in [1.29, 1.82) is 0 Å². The lowest BCUT2D eigenvalue weighted by Crippen LogP contribution is -2.60. The van der Waals surface area contributed by atoms with Crippen LogP contribution in [0.15, 0.2) is 41.3 Å². The molecule has 0 saturated carbocycles. The monoisotopic (exact) mass is 427 g/mol. The molecule has 1 unspecified atom stereocenters. The number of benzene rings is 1. The highest BCUT2D eigenvalue weighted by molar-refractivity contribution is 8.15. The number of nitrogens with zero attached hydrogens (tertiary/aromatic N) is 1. The van der Waals surface area contributed by atoms with Crippen LogP contribution < -0.4 is 18.9 Å². The minimum Gasteiger partial charge on any atom is -0.378 e. The van der Waals surface area contributed by atoms with Gasteiger partial charge in [-0.1, -0.05) is 53.7 Å². The minimum absolute atomic E-state index is 0.372. The number of hydrogen-bond acceptors (Lipinski definition) is 5. The highest BCUT2D eigenvalue weighted by atomic mass is 35.7. The van der Waals surface area contributed by atoms with E-state index in [-0.39, 0.29) is 10.8 Å². The van der Waals surface area contributed by atoms with E-state index in [9.17, 15) is 14.0 Å². The molecule has 1 atom stereocenters. The van der Waals surface area contributed by atoms with Crippen LogP contribution in [0.5, 0.6) is 0 Å². The number of allylic oxidation sites excluding steroid dienone is 4. The molecule has 1 aliphatic rings. The van der Waals surface area contributed by atoms with Gasteiger partial charge < -0.3 is 4.90 Å². The average Bonchev–Trinajstić information content (AvgIpc) is 2.51. The highest BCUT2D eigenvalue weighted by Gasteiger charge is 2.38. The van der Waals surface area contributed by atoms with Gasteiger partial charge in [0.25, 0.3) is 0 Å². The molecule has 0 fully saturated rings. The van der Waals surface area contributed by atoms with Crippen LogP contribution in [0, 0.1) is 21.1 Å². The van der Waals surface area contributed by atoms with E-state index in [2.05, 4.69) is 0 Å². The zero-order valence-electron chi connectivity index (χ0n) is 17.8. The molecular formula is C21H30ClNO4S. The van der Waals surface area contributed by atoms with Crippen molar-refractivity contribution in [3.8, 4) is 0 Å². The first-order valence-electron chi connectivity index (χ1n) is 9.04. The Hall–Kier alpha value is -1.15. The fraction of sp³-hybridized carbons (Fsp3) is 0.476.